The van der Waals surface area contributed by atoms with Crippen molar-refractivity contribution in [2.45, 2.75) is 56.5 Å². The van der Waals surface area contributed by atoms with Crippen molar-refractivity contribution >= 4 is 46.2 Å². The summed E-state index contributed by atoms with van der Waals surface area (Å²) >= 11 is 0. The van der Waals surface area contributed by atoms with Crippen molar-refractivity contribution in [1.82, 2.24) is 19.8 Å². The molecule has 4 rings (SSSR count). The molecule has 50 heavy (non-hydrogen) atoms. The third-order valence-corrected chi connectivity index (χ3v) is 10.8. The predicted molar refractivity (Wildman–Crippen MR) is 191 cm³/mol. The van der Waals surface area contributed by atoms with Gasteiger partial charge in [0.25, 0.3) is 0 Å². The summed E-state index contributed by atoms with van der Waals surface area (Å²) in [5.41, 5.74) is 7.06. The first-order valence-corrected chi connectivity index (χ1v) is 19.7. The van der Waals surface area contributed by atoms with Crippen LogP contribution in [-0.4, -0.2) is 97.4 Å². The first-order valence-electron chi connectivity index (χ1n) is 16.7. The average molecular weight is 734 g/mol. The van der Waals surface area contributed by atoms with E-state index in [0.717, 1.165) is 16.3 Å². The highest BCUT2D eigenvalue weighted by Crippen LogP contribution is 2.37. The highest BCUT2D eigenvalue weighted by molar-refractivity contribution is 7.89. The van der Waals surface area contributed by atoms with Crippen LogP contribution in [0.2, 0.25) is 0 Å². The zero-order valence-corrected chi connectivity index (χ0v) is 30.2. The molecule has 0 aliphatic carbocycles. The number of sulfonamides is 1. The van der Waals surface area contributed by atoms with Crippen LogP contribution < -0.4 is 16.4 Å². The molecule has 1 saturated heterocycles. The number of nitrogens with one attached hydrogen (secondary N) is 2. The molecule has 6 N–H and O–H groups in total. The van der Waals surface area contributed by atoms with Gasteiger partial charge in [0.2, 0.25) is 15.9 Å². The molecule has 0 aromatic heterocycles. The minimum atomic E-state index is -4.90. The summed E-state index contributed by atoms with van der Waals surface area (Å²) in [6, 6.07) is 17.3. The molecule has 1 heterocycles. The van der Waals surface area contributed by atoms with Gasteiger partial charge in [0.15, 0.2) is 0 Å². The van der Waals surface area contributed by atoms with E-state index in [9.17, 15) is 32.4 Å². The lowest BCUT2D eigenvalue weighted by molar-refractivity contribution is -0.123. The van der Waals surface area contributed by atoms with E-state index in [0.29, 0.717) is 44.8 Å². The van der Waals surface area contributed by atoms with Crippen molar-refractivity contribution in [3.8, 4) is 0 Å². The predicted octanol–water partition coefficient (Wildman–Crippen LogP) is 3.49. The third-order valence-electron chi connectivity index (χ3n) is 8.35. The smallest absolute Gasteiger partial charge is 0.399 e. The van der Waals surface area contributed by atoms with E-state index in [4.69, 9.17) is 15.0 Å². The summed E-state index contributed by atoms with van der Waals surface area (Å²) in [5.74, 6) is -0.477. The summed E-state index contributed by atoms with van der Waals surface area (Å²) in [6.07, 6.45) is 1.28. The molecule has 0 bridgehead atoms. The Bertz CT molecular complexity index is 1730. The van der Waals surface area contributed by atoms with E-state index in [-0.39, 0.29) is 48.7 Å². The number of nitrogens with zero attached hydrogens (tertiary/aromatic N) is 2. The molecular weight excluding hydrogens is 685 g/mol. The number of nitrogen functional groups attached to an aromatic ring is 1. The minimum Gasteiger partial charge on any atom is -0.399 e. The SMILES string of the molecule is CC(C)CN([C@@H](CCCCNC(=O)C(Cc1cccc2ccccc12)NC(=O)N1CCOCC1)COP(=O)(O)O)S(=O)(=O)c1ccc(N)cc1. The second-order valence-corrected chi connectivity index (χ2v) is 15.8. The maximum Gasteiger partial charge on any atom is 0.469 e. The number of hydrogen-bond acceptors (Lipinski definition) is 8. The van der Waals surface area contributed by atoms with E-state index in [1.54, 1.807) is 4.90 Å². The van der Waals surface area contributed by atoms with Gasteiger partial charge in [-0.1, -0.05) is 62.7 Å². The van der Waals surface area contributed by atoms with E-state index in [2.05, 4.69) is 10.6 Å². The van der Waals surface area contributed by atoms with Gasteiger partial charge in [-0.05, 0) is 59.4 Å². The number of rotatable bonds is 17. The van der Waals surface area contributed by atoms with Gasteiger partial charge in [0, 0.05) is 44.3 Å². The number of phosphoric acid groups is 1. The molecule has 1 aliphatic heterocycles. The minimum absolute atomic E-state index is 0.00263. The van der Waals surface area contributed by atoms with Crippen LogP contribution in [0.1, 0.15) is 38.7 Å². The number of unbranched alkanes of at least 4 members (excludes halogenated alkanes) is 1. The Morgan fingerprint density at radius 3 is 2.38 bits per heavy atom. The number of amides is 3. The molecule has 1 fully saturated rings. The quantitative estimate of drug-likeness (QED) is 0.0777. The summed E-state index contributed by atoms with van der Waals surface area (Å²) in [7, 11) is -8.99. The number of carbonyl (C=O) groups excluding carboxylic acids is 2. The van der Waals surface area contributed by atoms with Crippen LogP contribution in [0.3, 0.4) is 0 Å². The van der Waals surface area contributed by atoms with Gasteiger partial charge in [0.1, 0.15) is 6.04 Å². The molecule has 1 aliphatic rings. The van der Waals surface area contributed by atoms with Crippen molar-refractivity contribution in [2.24, 2.45) is 5.92 Å². The Balaban J connectivity index is 1.44. The van der Waals surface area contributed by atoms with Gasteiger partial charge in [-0.25, -0.2) is 17.8 Å². The van der Waals surface area contributed by atoms with Gasteiger partial charge < -0.3 is 35.8 Å². The number of anilines is 1. The Kier molecular flexibility index (Phi) is 14.2. The number of fused-ring (bicyclic) bond motifs is 1. The molecule has 1 unspecified atom stereocenters. The van der Waals surface area contributed by atoms with Gasteiger partial charge in [0.05, 0.1) is 24.7 Å². The fourth-order valence-electron chi connectivity index (χ4n) is 5.82. The average Bonchev–Trinajstić information content (AvgIpc) is 3.08. The fraction of sp³-hybridized carbons (Fsp3) is 0.471. The normalized spacial score (nSPS) is 15.3. The maximum absolute atomic E-state index is 13.8. The van der Waals surface area contributed by atoms with E-state index < -0.39 is 36.5 Å². The molecule has 3 aromatic carbocycles. The monoisotopic (exact) mass is 733 g/mol. The highest BCUT2D eigenvalue weighted by Gasteiger charge is 2.34. The zero-order chi connectivity index (χ0) is 36.3. The van der Waals surface area contributed by atoms with Gasteiger partial charge in [-0.15, -0.1) is 0 Å². The van der Waals surface area contributed by atoms with E-state index in [1.165, 1.54) is 28.6 Å². The first kappa shape index (κ1) is 39.2. The Labute approximate surface area is 293 Å². The number of urea groups is 1. The summed E-state index contributed by atoms with van der Waals surface area (Å²) in [6.45, 7) is 5.14. The molecule has 0 saturated carbocycles. The summed E-state index contributed by atoms with van der Waals surface area (Å²) < 4.78 is 50.6. The molecule has 0 spiro atoms. The number of carbonyl (C=O) groups is 2. The first-order chi connectivity index (χ1) is 23.7. The van der Waals surface area contributed by atoms with Crippen molar-refractivity contribution in [1.29, 1.82) is 0 Å². The topological polar surface area (TPSA) is 201 Å². The fourth-order valence-corrected chi connectivity index (χ4v) is 7.99. The van der Waals surface area contributed by atoms with Crippen molar-refractivity contribution < 1.29 is 41.6 Å². The highest BCUT2D eigenvalue weighted by atomic mass is 32.2. The number of ether oxygens (including phenoxy) is 1. The second-order valence-electron chi connectivity index (χ2n) is 12.7. The number of benzene rings is 3. The van der Waals surface area contributed by atoms with Crippen LogP contribution in [0.15, 0.2) is 71.6 Å². The van der Waals surface area contributed by atoms with E-state index in [1.807, 2.05) is 56.3 Å². The van der Waals surface area contributed by atoms with Crippen molar-refractivity contribution in [3.05, 3.63) is 72.3 Å². The molecule has 2 atom stereocenters. The van der Waals surface area contributed by atoms with Gasteiger partial charge >= 0.3 is 13.9 Å². The Hall–Kier alpha value is -3.56. The van der Waals surface area contributed by atoms with Crippen LogP contribution in [0.4, 0.5) is 10.5 Å². The number of hydrogen-bond donors (Lipinski definition) is 5. The Morgan fingerprint density at radius 1 is 1.02 bits per heavy atom. The number of morpholine rings is 1. The summed E-state index contributed by atoms with van der Waals surface area (Å²) in [4.78, 5) is 47.2. The third kappa shape index (κ3) is 11.5. The number of phosphoric ester groups is 1. The Morgan fingerprint density at radius 2 is 1.70 bits per heavy atom. The van der Waals surface area contributed by atoms with E-state index >= 15 is 0 Å². The van der Waals surface area contributed by atoms with Crippen LogP contribution in [-0.2, 0) is 35.1 Å². The van der Waals surface area contributed by atoms with Gasteiger partial charge in [-0.3, -0.25) is 9.32 Å². The maximum atomic E-state index is 13.8. The zero-order valence-electron chi connectivity index (χ0n) is 28.4. The summed E-state index contributed by atoms with van der Waals surface area (Å²) in [5, 5.41) is 7.82. The molecule has 3 amide bonds. The van der Waals surface area contributed by atoms with Crippen LogP contribution in [0, 0.1) is 5.92 Å². The standard InChI is InChI=1S/C34H48N5O9PS/c1-25(2)23-39(50(45,46)30-15-13-28(35)14-16-30)29(24-48-49(42,43)44)11-5-6-17-36-33(40)32(37-34(41)38-18-20-47-21-19-38)22-27-10-7-9-26-8-3-4-12-31(26)27/h3-4,7-10,12-16,25,29,32H,5-6,11,17-24,35H2,1-2H3,(H,36,40)(H,37,41)(H2,42,43,44)/t29-,32?/m0/s1. The lowest BCUT2D eigenvalue weighted by atomic mass is 9.98. The molecule has 0 radical (unpaired) electrons. The van der Waals surface area contributed by atoms with Gasteiger partial charge in [-0.2, -0.15) is 4.31 Å². The van der Waals surface area contributed by atoms with Crippen molar-refractivity contribution in [2.75, 3.05) is 51.7 Å². The second kappa shape index (κ2) is 18.1. The largest absolute Gasteiger partial charge is 0.469 e. The number of nitrogens with two attached hydrogens (primary N) is 1. The van der Waals surface area contributed by atoms with Crippen LogP contribution in [0.25, 0.3) is 10.8 Å². The molecule has 16 heteroatoms. The molecule has 3 aromatic rings. The lowest BCUT2D eigenvalue weighted by Crippen LogP contribution is -2.54. The molecular formula is C34H48N5O9PS. The molecule has 14 nitrogen and oxygen atoms in total. The van der Waals surface area contributed by atoms with Crippen molar-refractivity contribution in [3.63, 3.8) is 0 Å². The van der Waals surface area contributed by atoms with Crippen LogP contribution in [0.5, 0.6) is 0 Å². The lowest BCUT2D eigenvalue weighted by Gasteiger charge is -2.32. The van der Waals surface area contributed by atoms with Crippen LogP contribution >= 0.6 is 7.82 Å². The molecule has 274 valence electrons.